The third-order valence-electron chi connectivity index (χ3n) is 4.55. The standard InChI is InChI=1S/C14H25ClN2O.ClH/c15-11-13(18)16-12-14(7-3-1-4-8-14)17-9-5-2-6-10-17;/h1-12H2,(H,16,18);1H. The molecule has 1 heterocycles. The molecule has 112 valence electrons. The highest BCUT2D eigenvalue weighted by Gasteiger charge is 2.38. The number of carbonyl (C=O) groups excluding carboxylic acids is 1. The molecule has 5 heteroatoms. The van der Waals surface area contributed by atoms with E-state index < -0.39 is 0 Å². The number of amides is 1. The SMILES string of the molecule is Cl.O=C(CCl)NCC1(N2CCCCC2)CCCCC1. The van der Waals surface area contributed by atoms with Crippen molar-refractivity contribution in [2.45, 2.75) is 56.9 Å². The van der Waals surface area contributed by atoms with Crippen molar-refractivity contribution < 1.29 is 4.79 Å². The molecule has 0 aromatic carbocycles. The van der Waals surface area contributed by atoms with Gasteiger partial charge in [-0.15, -0.1) is 24.0 Å². The van der Waals surface area contributed by atoms with Gasteiger partial charge in [-0.25, -0.2) is 0 Å². The Morgan fingerprint density at radius 1 is 1.05 bits per heavy atom. The Bertz CT molecular complexity index is 275. The largest absolute Gasteiger partial charge is 0.353 e. The molecule has 0 unspecified atom stereocenters. The van der Waals surface area contributed by atoms with Gasteiger partial charge in [-0.05, 0) is 38.8 Å². The summed E-state index contributed by atoms with van der Waals surface area (Å²) in [5.41, 5.74) is 0.223. The maximum atomic E-state index is 11.4. The molecule has 1 amide bonds. The van der Waals surface area contributed by atoms with Crippen molar-refractivity contribution in [2.24, 2.45) is 0 Å². The first kappa shape index (κ1) is 17.1. The number of alkyl halides is 1. The first-order valence-corrected chi connectivity index (χ1v) is 7.88. The van der Waals surface area contributed by atoms with Crippen LogP contribution in [0.15, 0.2) is 0 Å². The van der Waals surface area contributed by atoms with Crippen LogP contribution in [0.3, 0.4) is 0 Å². The summed E-state index contributed by atoms with van der Waals surface area (Å²) in [6, 6.07) is 0. The van der Waals surface area contributed by atoms with E-state index in [4.69, 9.17) is 11.6 Å². The Kier molecular flexibility index (Phi) is 7.48. The molecule has 0 bridgehead atoms. The Morgan fingerprint density at radius 3 is 2.21 bits per heavy atom. The Morgan fingerprint density at radius 2 is 1.63 bits per heavy atom. The summed E-state index contributed by atoms with van der Waals surface area (Å²) in [4.78, 5) is 14.1. The fourth-order valence-electron chi connectivity index (χ4n) is 3.49. The number of nitrogens with one attached hydrogen (secondary N) is 1. The molecular formula is C14H26Cl2N2O. The van der Waals surface area contributed by atoms with Crippen LogP contribution in [0.1, 0.15) is 51.4 Å². The van der Waals surface area contributed by atoms with Gasteiger partial charge in [-0.3, -0.25) is 9.69 Å². The molecule has 1 N–H and O–H groups in total. The second-order valence-electron chi connectivity index (χ2n) is 5.74. The predicted octanol–water partition coefficient (Wildman–Crippen LogP) is 2.95. The van der Waals surface area contributed by atoms with Crippen LogP contribution in [0.4, 0.5) is 0 Å². The lowest BCUT2D eigenvalue weighted by atomic mass is 9.79. The average molecular weight is 309 g/mol. The molecule has 2 aliphatic rings. The van der Waals surface area contributed by atoms with E-state index in [9.17, 15) is 4.79 Å². The zero-order chi connectivity index (χ0) is 12.8. The van der Waals surface area contributed by atoms with Crippen molar-refractivity contribution in [1.29, 1.82) is 0 Å². The van der Waals surface area contributed by atoms with E-state index in [1.54, 1.807) is 0 Å². The quantitative estimate of drug-likeness (QED) is 0.810. The topological polar surface area (TPSA) is 32.3 Å². The third-order valence-corrected chi connectivity index (χ3v) is 4.79. The second kappa shape index (κ2) is 8.33. The molecule has 19 heavy (non-hydrogen) atoms. The molecule has 0 aromatic rings. The maximum Gasteiger partial charge on any atom is 0.234 e. The van der Waals surface area contributed by atoms with Crippen LogP contribution in [0.5, 0.6) is 0 Å². The van der Waals surface area contributed by atoms with Crippen molar-refractivity contribution >= 4 is 29.9 Å². The minimum Gasteiger partial charge on any atom is -0.353 e. The lowest BCUT2D eigenvalue weighted by molar-refractivity contribution is -0.119. The summed E-state index contributed by atoms with van der Waals surface area (Å²) in [6.07, 6.45) is 10.4. The zero-order valence-corrected chi connectivity index (χ0v) is 13.2. The number of hydrogen-bond donors (Lipinski definition) is 1. The van der Waals surface area contributed by atoms with Gasteiger partial charge in [0.25, 0.3) is 0 Å². The molecule has 1 aliphatic heterocycles. The van der Waals surface area contributed by atoms with Gasteiger partial charge in [0.1, 0.15) is 5.88 Å². The minimum atomic E-state index is -0.0291. The first-order valence-electron chi connectivity index (χ1n) is 7.35. The van der Waals surface area contributed by atoms with Crippen molar-refractivity contribution in [2.75, 3.05) is 25.5 Å². The van der Waals surface area contributed by atoms with Crippen molar-refractivity contribution in [3.63, 3.8) is 0 Å². The van der Waals surface area contributed by atoms with Gasteiger partial charge in [0, 0.05) is 12.1 Å². The number of likely N-dealkylation sites (tertiary alicyclic amines) is 1. The van der Waals surface area contributed by atoms with Crippen LogP contribution in [-0.2, 0) is 4.79 Å². The second-order valence-corrected chi connectivity index (χ2v) is 6.01. The number of piperidine rings is 1. The summed E-state index contributed by atoms with van der Waals surface area (Å²) >= 11 is 5.58. The minimum absolute atomic E-state index is 0. The Balaban J connectivity index is 0.00000180. The summed E-state index contributed by atoms with van der Waals surface area (Å²) in [6.45, 7) is 3.20. The van der Waals surface area contributed by atoms with Crippen LogP contribution in [-0.4, -0.2) is 41.9 Å². The van der Waals surface area contributed by atoms with Gasteiger partial charge in [0.15, 0.2) is 0 Å². The summed E-state index contributed by atoms with van der Waals surface area (Å²) in [7, 11) is 0. The van der Waals surface area contributed by atoms with Crippen LogP contribution >= 0.6 is 24.0 Å². The highest BCUT2D eigenvalue weighted by molar-refractivity contribution is 6.27. The molecular weight excluding hydrogens is 283 g/mol. The molecule has 2 fully saturated rings. The van der Waals surface area contributed by atoms with Crippen molar-refractivity contribution in [1.82, 2.24) is 10.2 Å². The fourth-order valence-corrected chi connectivity index (χ4v) is 3.59. The molecule has 1 aliphatic carbocycles. The van der Waals surface area contributed by atoms with Gasteiger partial charge >= 0.3 is 0 Å². The number of rotatable bonds is 4. The van der Waals surface area contributed by atoms with Crippen LogP contribution in [0.25, 0.3) is 0 Å². The molecule has 0 atom stereocenters. The van der Waals surface area contributed by atoms with Gasteiger partial charge in [0.05, 0.1) is 0 Å². The summed E-state index contributed by atoms with van der Waals surface area (Å²) in [5, 5.41) is 3.03. The highest BCUT2D eigenvalue weighted by atomic mass is 35.5. The number of halogens is 2. The number of hydrogen-bond acceptors (Lipinski definition) is 2. The lowest BCUT2D eigenvalue weighted by Gasteiger charge is -2.48. The van der Waals surface area contributed by atoms with Gasteiger partial charge in [-0.1, -0.05) is 25.7 Å². The normalized spacial score (nSPS) is 23.4. The van der Waals surface area contributed by atoms with Crippen LogP contribution in [0.2, 0.25) is 0 Å². The Labute approximate surface area is 127 Å². The van der Waals surface area contributed by atoms with Crippen LogP contribution < -0.4 is 5.32 Å². The molecule has 2 rings (SSSR count). The molecule has 0 spiro atoms. The predicted molar refractivity (Wildman–Crippen MR) is 82.2 cm³/mol. The fraction of sp³-hybridized carbons (Fsp3) is 0.929. The van der Waals surface area contributed by atoms with E-state index in [0.717, 1.165) is 6.54 Å². The molecule has 1 saturated carbocycles. The van der Waals surface area contributed by atoms with Gasteiger partial charge in [-0.2, -0.15) is 0 Å². The molecule has 1 saturated heterocycles. The highest BCUT2D eigenvalue weighted by Crippen LogP contribution is 2.35. The monoisotopic (exact) mass is 308 g/mol. The summed E-state index contributed by atoms with van der Waals surface area (Å²) in [5.74, 6) is 0.0504. The maximum absolute atomic E-state index is 11.4. The Hall–Kier alpha value is 0.01000. The van der Waals surface area contributed by atoms with Gasteiger partial charge < -0.3 is 5.32 Å². The smallest absolute Gasteiger partial charge is 0.234 e. The lowest BCUT2D eigenvalue weighted by Crippen LogP contribution is -2.58. The van der Waals surface area contributed by atoms with E-state index in [0.29, 0.717) is 0 Å². The van der Waals surface area contributed by atoms with E-state index in [-0.39, 0.29) is 29.7 Å². The molecule has 3 nitrogen and oxygen atoms in total. The molecule has 0 radical (unpaired) electrons. The molecule has 0 aromatic heterocycles. The van der Waals surface area contributed by atoms with Crippen molar-refractivity contribution in [3.05, 3.63) is 0 Å². The van der Waals surface area contributed by atoms with E-state index in [1.165, 1.54) is 64.5 Å². The number of carbonyl (C=O) groups is 1. The number of nitrogens with zero attached hydrogens (tertiary/aromatic N) is 1. The van der Waals surface area contributed by atoms with Crippen molar-refractivity contribution in [3.8, 4) is 0 Å². The van der Waals surface area contributed by atoms with Gasteiger partial charge in [0.2, 0.25) is 5.91 Å². The van der Waals surface area contributed by atoms with Crippen LogP contribution in [0, 0.1) is 0 Å². The average Bonchev–Trinajstić information content (AvgIpc) is 2.46. The third kappa shape index (κ3) is 4.51. The summed E-state index contributed by atoms with van der Waals surface area (Å²) < 4.78 is 0. The van der Waals surface area contributed by atoms with E-state index in [1.807, 2.05) is 0 Å². The first-order chi connectivity index (χ1) is 8.77. The zero-order valence-electron chi connectivity index (χ0n) is 11.6. The van der Waals surface area contributed by atoms with E-state index >= 15 is 0 Å². The van der Waals surface area contributed by atoms with E-state index in [2.05, 4.69) is 10.2 Å².